The van der Waals surface area contributed by atoms with Crippen molar-refractivity contribution in [3.05, 3.63) is 58.7 Å². The van der Waals surface area contributed by atoms with E-state index in [1.54, 1.807) is 0 Å². The number of piperazine rings is 1. The molecule has 2 saturated heterocycles. The normalized spacial score (nSPS) is 20.9. The molecule has 0 amide bonds. The fraction of sp³-hybridized carbons (Fsp3) is 0.500. The number of nitrogens with zero attached hydrogens (tertiary/aromatic N) is 4. The van der Waals surface area contributed by atoms with Crippen molar-refractivity contribution in [1.82, 2.24) is 14.9 Å². The Labute approximate surface area is 207 Å². The Balaban J connectivity index is 1.13. The first-order valence-corrected chi connectivity index (χ1v) is 12.8. The number of hydrogen-bond acceptors (Lipinski definition) is 7. The molecular weight excluding hydrogens is 440 g/mol. The van der Waals surface area contributed by atoms with E-state index in [4.69, 9.17) is 4.74 Å². The molecular formula is C28H34N4O3. The first-order chi connectivity index (χ1) is 17.1. The Hall–Kier alpha value is -2.90. The van der Waals surface area contributed by atoms with Gasteiger partial charge in [0.25, 0.3) is 0 Å². The lowest BCUT2D eigenvalue weighted by Crippen LogP contribution is -2.46. The van der Waals surface area contributed by atoms with Crippen LogP contribution in [-0.2, 0) is 22.5 Å². The zero-order chi connectivity index (χ0) is 24.2. The number of aromatic nitrogens is 2. The van der Waals surface area contributed by atoms with Crippen molar-refractivity contribution in [2.24, 2.45) is 5.92 Å². The summed E-state index contributed by atoms with van der Waals surface area (Å²) in [5.41, 5.74) is 5.63. The van der Waals surface area contributed by atoms with E-state index in [1.165, 1.54) is 0 Å². The van der Waals surface area contributed by atoms with Gasteiger partial charge in [0.05, 0.1) is 17.6 Å². The van der Waals surface area contributed by atoms with Crippen molar-refractivity contribution in [2.75, 3.05) is 44.3 Å². The third-order valence-corrected chi connectivity index (χ3v) is 7.36. The van der Waals surface area contributed by atoms with Crippen molar-refractivity contribution in [2.45, 2.75) is 45.6 Å². The molecule has 7 heteroatoms. The minimum Gasteiger partial charge on any atom is -0.381 e. The minimum absolute atomic E-state index is 0.110. The summed E-state index contributed by atoms with van der Waals surface area (Å²) in [5, 5.41) is 0. The molecule has 184 valence electrons. The molecule has 0 unspecified atom stereocenters. The third-order valence-electron chi connectivity index (χ3n) is 7.36. The summed E-state index contributed by atoms with van der Waals surface area (Å²) in [6.45, 7) is 8.06. The quantitative estimate of drug-likeness (QED) is 0.566. The average molecular weight is 475 g/mol. The minimum atomic E-state index is 0.110. The molecule has 1 aliphatic carbocycles. The van der Waals surface area contributed by atoms with Crippen molar-refractivity contribution in [3.63, 3.8) is 0 Å². The average Bonchev–Trinajstić information content (AvgIpc) is 2.89. The van der Waals surface area contributed by atoms with Gasteiger partial charge >= 0.3 is 0 Å². The third kappa shape index (κ3) is 5.68. The number of carbonyl (C=O) groups is 2. The van der Waals surface area contributed by atoms with E-state index in [0.29, 0.717) is 31.1 Å². The van der Waals surface area contributed by atoms with Crippen molar-refractivity contribution in [3.8, 4) is 0 Å². The van der Waals surface area contributed by atoms with Gasteiger partial charge in [0.15, 0.2) is 11.6 Å². The van der Waals surface area contributed by atoms with Crippen LogP contribution >= 0.6 is 0 Å². The van der Waals surface area contributed by atoms with Gasteiger partial charge < -0.3 is 9.64 Å². The molecule has 2 aromatic heterocycles. The van der Waals surface area contributed by atoms with Gasteiger partial charge in [0.2, 0.25) is 0 Å². The summed E-state index contributed by atoms with van der Waals surface area (Å²) >= 11 is 0. The van der Waals surface area contributed by atoms with Crippen molar-refractivity contribution < 1.29 is 14.3 Å². The lowest BCUT2D eigenvalue weighted by molar-refractivity contribution is -0.115. The van der Waals surface area contributed by atoms with Crippen LogP contribution in [-0.4, -0.2) is 65.8 Å². The molecule has 3 aliphatic rings. The predicted molar refractivity (Wildman–Crippen MR) is 135 cm³/mol. The van der Waals surface area contributed by atoms with E-state index < -0.39 is 0 Å². The summed E-state index contributed by atoms with van der Waals surface area (Å²) < 4.78 is 5.50. The Bertz CT molecular complexity index is 1100. The molecule has 4 heterocycles. The van der Waals surface area contributed by atoms with E-state index >= 15 is 0 Å². The molecule has 0 aromatic carbocycles. The topological polar surface area (TPSA) is 75.6 Å². The monoisotopic (exact) mass is 474 g/mol. The number of Topliss-reactive ketones (excluding diaryl/α,β-unsaturated/α-hetero) is 2. The Kier molecular flexibility index (Phi) is 7.35. The fourth-order valence-electron chi connectivity index (χ4n) is 5.26. The lowest BCUT2D eigenvalue weighted by Gasteiger charge is -2.36. The number of anilines is 1. The van der Waals surface area contributed by atoms with Crippen molar-refractivity contribution in [1.29, 1.82) is 0 Å². The summed E-state index contributed by atoms with van der Waals surface area (Å²) in [4.78, 5) is 38.7. The number of hydrogen-bond donors (Lipinski definition) is 0. The van der Waals surface area contributed by atoms with Crippen LogP contribution in [0.15, 0.2) is 36.2 Å². The summed E-state index contributed by atoms with van der Waals surface area (Å²) in [7, 11) is 0. The SMILES string of the molecule is CCC1=Cc2ncc(CN3CCN(c4ccc(C(=O)C[C@H]5CCCOC5)nc4)CC3)cc2CC1=O. The lowest BCUT2D eigenvalue weighted by atomic mass is 9.92. The van der Waals surface area contributed by atoms with Gasteiger partial charge in [-0.05, 0) is 60.1 Å². The van der Waals surface area contributed by atoms with E-state index in [2.05, 4.69) is 25.8 Å². The zero-order valence-electron chi connectivity index (χ0n) is 20.5. The number of allylic oxidation sites excluding steroid dienone is 1. The highest BCUT2D eigenvalue weighted by Gasteiger charge is 2.22. The molecule has 2 fully saturated rings. The highest BCUT2D eigenvalue weighted by molar-refractivity contribution is 6.03. The van der Waals surface area contributed by atoms with Gasteiger partial charge in [-0.2, -0.15) is 0 Å². The maximum Gasteiger partial charge on any atom is 0.181 e. The Morgan fingerprint density at radius 1 is 1.14 bits per heavy atom. The molecule has 0 spiro atoms. The molecule has 5 rings (SSSR count). The fourth-order valence-corrected chi connectivity index (χ4v) is 5.26. The Morgan fingerprint density at radius 2 is 2.00 bits per heavy atom. The van der Waals surface area contributed by atoms with Gasteiger partial charge in [-0.15, -0.1) is 0 Å². The molecule has 35 heavy (non-hydrogen) atoms. The number of fused-ring (bicyclic) bond motifs is 1. The van der Waals surface area contributed by atoms with Crippen LogP contribution in [0.1, 0.15) is 59.9 Å². The van der Waals surface area contributed by atoms with Gasteiger partial charge in [0, 0.05) is 65.0 Å². The summed E-state index contributed by atoms with van der Waals surface area (Å²) in [5.74, 6) is 0.650. The van der Waals surface area contributed by atoms with Gasteiger partial charge in [-0.1, -0.05) is 13.0 Å². The molecule has 2 aromatic rings. The van der Waals surface area contributed by atoms with Crippen LogP contribution < -0.4 is 4.90 Å². The van der Waals surface area contributed by atoms with Crippen LogP contribution in [0.2, 0.25) is 0 Å². The van der Waals surface area contributed by atoms with Crippen LogP contribution in [0.25, 0.3) is 6.08 Å². The van der Waals surface area contributed by atoms with Crippen molar-refractivity contribution >= 4 is 23.3 Å². The van der Waals surface area contributed by atoms with Crippen LogP contribution in [0.5, 0.6) is 0 Å². The molecule has 2 aliphatic heterocycles. The summed E-state index contributed by atoms with van der Waals surface area (Å²) in [6, 6.07) is 6.04. The van der Waals surface area contributed by atoms with Crippen LogP contribution in [0.3, 0.4) is 0 Å². The van der Waals surface area contributed by atoms with E-state index in [1.807, 2.05) is 37.5 Å². The molecule has 0 saturated carbocycles. The molecule has 0 N–H and O–H groups in total. The highest BCUT2D eigenvalue weighted by Crippen LogP contribution is 2.24. The van der Waals surface area contributed by atoms with E-state index in [0.717, 1.165) is 86.7 Å². The van der Waals surface area contributed by atoms with Gasteiger partial charge in [-0.3, -0.25) is 24.5 Å². The second-order valence-electron chi connectivity index (χ2n) is 9.89. The smallest absolute Gasteiger partial charge is 0.181 e. The highest BCUT2D eigenvalue weighted by atomic mass is 16.5. The summed E-state index contributed by atoms with van der Waals surface area (Å²) in [6.07, 6.45) is 9.57. The maximum atomic E-state index is 12.6. The molecule has 0 radical (unpaired) electrons. The number of pyridine rings is 2. The van der Waals surface area contributed by atoms with Gasteiger partial charge in [0.1, 0.15) is 5.69 Å². The number of ketones is 2. The standard InChI is InChI=1S/C28H34N4O3/c1-2-22-14-26-23(15-27(22)33)12-21(16-29-26)18-31-7-9-32(10-8-31)24-5-6-25(30-17-24)28(34)13-20-4-3-11-35-19-20/h5-6,12,14,16-17,20H,2-4,7-11,13,15,18-19H2,1H3/t20-/m1/s1. The second-order valence-corrected chi connectivity index (χ2v) is 9.89. The van der Waals surface area contributed by atoms with E-state index in [9.17, 15) is 9.59 Å². The number of carbonyl (C=O) groups excluding carboxylic acids is 2. The largest absolute Gasteiger partial charge is 0.381 e. The van der Waals surface area contributed by atoms with E-state index in [-0.39, 0.29) is 11.6 Å². The van der Waals surface area contributed by atoms with Crippen LogP contribution in [0, 0.1) is 5.92 Å². The predicted octanol–water partition coefficient (Wildman–Crippen LogP) is 3.72. The first-order valence-electron chi connectivity index (χ1n) is 12.8. The first kappa shape index (κ1) is 23.8. The molecule has 0 bridgehead atoms. The zero-order valence-corrected chi connectivity index (χ0v) is 20.5. The second kappa shape index (κ2) is 10.8. The molecule has 1 atom stereocenters. The van der Waals surface area contributed by atoms with Crippen LogP contribution in [0.4, 0.5) is 5.69 Å². The Morgan fingerprint density at radius 3 is 2.71 bits per heavy atom. The maximum absolute atomic E-state index is 12.6. The number of ether oxygens (including phenoxy) is 1. The molecule has 7 nitrogen and oxygen atoms in total. The van der Waals surface area contributed by atoms with Gasteiger partial charge in [-0.25, -0.2) is 0 Å². The number of rotatable bonds is 7.